The van der Waals surface area contributed by atoms with E-state index in [1.165, 1.54) is 40.5 Å². The number of fused-ring (bicyclic) bond motifs is 1. The molecule has 10 heteroatoms. The number of aliphatic hydroxyl groups is 1. The zero-order chi connectivity index (χ0) is 28.4. The number of ether oxygens (including phenoxy) is 3. The van der Waals surface area contributed by atoms with Crippen molar-refractivity contribution in [2.45, 2.75) is 26.8 Å². The summed E-state index contributed by atoms with van der Waals surface area (Å²) < 4.78 is 31.5. The molecule has 1 aliphatic rings. The highest BCUT2D eigenvalue weighted by molar-refractivity contribution is 7.22. The summed E-state index contributed by atoms with van der Waals surface area (Å²) >= 11 is 1.23. The molecule has 4 aromatic rings. The van der Waals surface area contributed by atoms with E-state index in [0.29, 0.717) is 48.1 Å². The molecule has 1 fully saturated rings. The monoisotopic (exact) mass is 562 g/mol. The molecule has 0 saturated carbocycles. The van der Waals surface area contributed by atoms with Crippen molar-refractivity contribution in [1.82, 2.24) is 4.98 Å². The molecule has 1 unspecified atom stereocenters. The Morgan fingerprint density at radius 1 is 0.925 bits per heavy atom. The van der Waals surface area contributed by atoms with Gasteiger partial charge >= 0.3 is 5.91 Å². The second-order valence-electron chi connectivity index (χ2n) is 8.81. The van der Waals surface area contributed by atoms with Crippen LogP contribution in [0, 0.1) is 5.82 Å². The van der Waals surface area contributed by atoms with Crippen molar-refractivity contribution >= 4 is 44.1 Å². The highest BCUT2D eigenvalue weighted by Crippen LogP contribution is 2.46. The molecule has 1 amide bonds. The van der Waals surface area contributed by atoms with Crippen molar-refractivity contribution in [2.75, 3.05) is 24.7 Å². The zero-order valence-electron chi connectivity index (χ0n) is 22.1. The lowest BCUT2D eigenvalue weighted by Gasteiger charge is -2.24. The molecule has 0 aliphatic carbocycles. The molecule has 40 heavy (non-hydrogen) atoms. The minimum Gasteiger partial charge on any atom is -0.507 e. The van der Waals surface area contributed by atoms with Gasteiger partial charge in [0.25, 0.3) is 5.78 Å². The topological polar surface area (TPSA) is 98.2 Å². The normalized spacial score (nSPS) is 16.5. The maximum atomic E-state index is 13.6. The van der Waals surface area contributed by atoms with Crippen LogP contribution in [-0.4, -0.2) is 41.6 Å². The van der Waals surface area contributed by atoms with E-state index in [1.807, 2.05) is 26.8 Å². The van der Waals surface area contributed by atoms with Crippen LogP contribution in [0.5, 0.6) is 17.2 Å². The van der Waals surface area contributed by atoms with Crippen molar-refractivity contribution in [1.29, 1.82) is 0 Å². The number of aliphatic hydroxyl groups excluding tert-OH is 1. The summed E-state index contributed by atoms with van der Waals surface area (Å²) in [5.41, 5.74) is 1.19. The third kappa shape index (κ3) is 4.98. The molecule has 3 aromatic carbocycles. The molecule has 0 bridgehead atoms. The van der Waals surface area contributed by atoms with Crippen LogP contribution >= 0.6 is 11.3 Å². The van der Waals surface area contributed by atoms with E-state index in [1.54, 1.807) is 30.3 Å². The van der Waals surface area contributed by atoms with Crippen molar-refractivity contribution < 1.29 is 33.3 Å². The molecule has 1 N–H and O–H groups in total. The number of benzene rings is 3. The van der Waals surface area contributed by atoms with Gasteiger partial charge in [-0.1, -0.05) is 17.4 Å². The predicted octanol–water partition coefficient (Wildman–Crippen LogP) is 6.26. The number of anilines is 1. The van der Waals surface area contributed by atoms with Crippen LogP contribution in [0.25, 0.3) is 16.0 Å². The Kier molecular flexibility index (Phi) is 7.70. The van der Waals surface area contributed by atoms with E-state index in [2.05, 4.69) is 4.98 Å². The van der Waals surface area contributed by atoms with Gasteiger partial charge < -0.3 is 19.3 Å². The molecule has 2 heterocycles. The smallest absolute Gasteiger partial charge is 0.301 e. The number of nitrogens with zero attached hydrogens (tertiary/aromatic N) is 2. The Morgan fingerprint density at radius 3 is 2.33 bits per heavy atom. The quantitative estimate of drug-likeness (QED) is 0.146. The highest BCUT2D eigenvalue weighted by atomic mass is 32.1. The van der Waals surface area contributed by atoms with Gasteiger partial charge in [-0.05, 0) is 80.9 Å². The van der Waals surface area contributed by atoms with Crippen LogP contribution in [0.4, 0.5) is 9.52 Å². The van der Waals surface area contributed by atoms with Crippen molar-refractivity contribution in [3.8, 4) is 17.2 Å². The number of aromatic nitrogens is 1. The Hall–Kier alpha value is -4.44. The van der Waals surface area contributed by atoms with Gasteiger partial charge in [-0.25, -0.2) is 9.37 Å². The maximum Gasteiger partial charge on any atom is 0.301 e. The Labute approximate surface area is 234 Å². The highest BCUT2D eigenvalue weighted by Gasteiger charge is 2.48. The molecule has 1 atom stereocenters. The van der Waals surface area contributed by atoms with Gasteiger partial charge in [0.2, 0.25) is 0 Å². The Bertz CT molecular complexity index is 1610. The van der Waals surface area contributed by atoms with E-state index in [9.17, 15) is 19.1 Å². The first-order valence-corrected chi connectivity index (χ1v) is 13.7. The van der Waals surface area contributed by atoms with Gasteiger partial charge in [-0.15, -0.1) is 0 Å². The van der Waals surface area contributed by atoms with E-state index < -0.39 is 29.3 Å². The van der Waals surface area contributed by atoms with Crippen LogP contribution in [-0.2, 0) is 9.59 Å². The molecule has 0 radical (unpaired) electrons. The molecule has 8 nitrogen and oxygen atoms in total. The number of hydrogen-bond donors (Lipinski definition) is 1. The van der Waals surface area contributed by atoms with Crippen LogP contribution in [0.15, 0.2) is 66.2 Å². The number of carbonyl (C=O) groups is 2. The molecule has 1 aliphatic heterocycles. The van der Waals surface area contributed by atoms with E-state index in [-0.39, 0.29) is 16.3 Å². The first-order valence-electron chi connectivity index (χ1n) is 12.9. The number of amides is 1. The molecule has 5 rings (SSSR count). The first-order chi connectivity index (χ1) is 19.4. The largest absolute Gasteiger partial charge is 0.507 e. The lowest BCUT2D eigenvalue weighted by Crippen LogP contribution is -2.29. The second-order valence-corrected chi connectivity index (χ2v) is 9.82. The number of hydrogen-bond acceptors (Lipinski definition) is 8. The van der Waals surface area contributed by atoms with Crippen LogP contribution in [0.3, 0.4) is 0 Å². The van der Waals surface area contributed by atoms with Gasteiger partial charge in [0.1, 0.15) is 17.3 Å². The lowest BCUT2D eigenvalue weighted by atomic mass is 9.95. The summed E-state index contributed by atoms with van der Waals surface area (Å²) in [6.07, 6.45) is 0. The number of thiazole rings is 1. The SMILES string of the molecule is CCOc1ccc2nc(N3C(=O)C(=O)/C(=C(/O)c4ccc(F)cc4)C3c3ccc(OCC)c(OCC)c3)sc2c1. The predicted molar refractivity (Wildman–Crippen MR) is 151 cm³/mol. The van der Waals surface area contributed by atoms with Gasteiger partial charge in [0.05, 0.1) is 41.7 Å². The van der Waals surface area contributed by atoms with Crippen molar-refractivity contribution in [2.24, 2.45) is 0 Å². The summed E-state index contributed by atoms with van der Waals surface area (Å²) in [5.74, 6) is -1.04. The summed E-state index contributed by atoms with van der Waals surface area (Å²) in [4.78, 5) is 33.0. The number of halogens is 1. The van der Waals surface area contributed by atoms with E-state index in [0.717, 1.165) is 4.70 Å². The minimum atomic E-state index is -1.04. The van der Waals surface area contributed by atoms with Gasteiger partial charge in [-0.3, -0.25) is 14.5 Å². The number of ketones is 1. The van der Waals surface area contributed by atoms with Gasteiger partial charge in [0, 0.05) is 5.56 Å². The molecule has 1 saturated heterocycles. The third-order valence-electron chi connectivity index (χ3n) is 6.31. The van der Waals surface area contributed by atoms with Crippen molar-refractivity contribution in [3.05, 3.63) is 83.2 Å². The van der Waals surface area contributed by atoms with Crippen LogP contribution < -0.4 is 19.1 Å². The van der Waals surface area contributed by atoms with Crippen LogP contribution in [0.1, 0.15) is 37.9 Å². The summed E-state index contributed by atoms with van der Waals surface area (Å²) in [6, 6.07) is 14.5. The molecule has 0 spiro atoms. The molecule has 206 valence electrons. The first kappa shape index (κ1) is 27.1. The number of Topliss-reactive ketones (excluding diaryl/α,β-unsaturated/α-hetero) is 1. The fourth-order valence-electron chi connectivity index (χ4n) is 4.60. The minimum absolute atomic E-state index is 0.141. The summed E-state index contributed by atoms with van der Waals surface area (Å²) in [7, 11) is 0. The summed E-state index contributed by atoms with van der Waals surface area (Å²) in [5, 5.41) is 11.6. The van der Waals surface area contributed by atoms with Gasteiger partial charge in [-0.2, -0.15) is 0 Å². The fraction of sp³-hybridized carbons (Fsp3) is 0.233. The average Bonchev–Trinajstić information content (AvgIpc) is 3.48. The average molecular weight is 563 g/mol. The Balaban J connectivity index is 1.71. The maximum absolute atomic E-state index is 13.6. The molecule has 1 aromatic heterocycles. The molecular weight excluding hydrogens is 535 g/mol. The lowest BCUT2D eigenvalue weighted by molar-refractivity contribution is -0.132. The van der Waals surface area contributed by atoms with E-state index >= 15 is 0 Å². The summed E-state index contributed by atoms with van der Waals surface area (Å²) in [6.45, 7) is 6.84. The second kappa shape index (κ2) is 11.4. The van der Waals surface area contributed by atoms with Gasteiger partial charge in [0.15, 0.2) is 16.6 Å². The van der Waals surface area contributed by atoms with Crippen molar-refractivity contribution in [3.63, 3.8) is 0 Å². The number of rotatable bonds is 9. The number of carbonyl (C=O) groups excluding carboxylic acids is 2. The standard InChI is InChI=1S/C30H27FN2O6S/c1-4-37-20-12-13-21-24(16-20)40-30(32-21)33-26(18-9-14-22(38-5-2)23(15-18)39-6-3)25(28(35)29(33)36)27(34)17-7-10-19(31)11-8-17/h7-16,26,34H,4-6H2,1-3H3/b27-25+. The van der Waals surface area contributed by atoms with Crippen LogP contribution in [0.2, 0.25) is 0 Å². The molecular formula is C30H27FN2O6S. The zero-order valence-corrected chi connectivity index (χ0v) is 23.0. The third-order valence-corrected chi connectivity index (χ3v) is 7.33. The van der Waals surface area contributed by atoms with E-state index in [4.69, 9.17) is 14.2 Å². The fourth-order valence-corrected chi connectivity index (χ4v) is 5.62. The Morgan fingerprint density at radius 2 is 1.62 bits per heavy atom.